The summed E-state index contributed by atoms with van der Waals surface area (Å²) in [6, 6.07) is 7.08. The zero-order valence-corrected chi connectivity index (χ0v) is 12.4. The smallest absolute Gasteiger partial charge is 0.248 e. The van der Waals surface area contributed by atoms with Crippen molar-refractivity contribution in [3.8, 4) is 0 Å². The minimum Gasteiger partial charge on any atom is -0.399 e. The van der Waals surface area contributed by atoms with Gasteiger partial charge in [-0.2, -0.15) is 4.31 Å². The van der Waals surface area contributed by atoms with E-state index in [2.05, 4.69) is 5.16 Å². The predicted molar refractivity (Wildman–Crippen MR) is 75.5 cm³/mol. The number of benzene rings is 1. The first-order valence-corrected chi connectivity index (χ1v) is 7.50. The van der Waals surface area contributed by atoms with Gasteiger partial charge >= 0.3 is 0 Å². The van der Waals surface area contributed by atoms with Crippen LogP contribution in [0.25, 0.3) is 0 Å². The molecule has 0 spiro atoms. The van der Waals surface area contributed by atoms with E-state index in [4.69, 9.17) is 10.3 Å². The van der Waals surface area contributed by atoms with E-state index in [1.165, 1.54) is 11.4 Å². The first kappa shape index (κ1) is 14.5. The number of nitrogens with zero attached hydrogens (tertiary/aromatic N) is 2. The summed E-state index contributed by atoms with van der Waals surface area (Å²) in [7, 11) is -2.09. The van der Waals surface area contributed by atoms with Gasteiger partial charge in [0.1, 0.15) is 10.6 Å². The second kappa shape index (κ2) is 5.26. The Labute approximate surface area is 118 Å². The van der Waals surface area contributed by atoms with Gasteiger partial charge in [0.25, 0.3) is 0 Å². The van der Waals surface area contributed by atoms with Gasteiger partial charge in [0, 0.05) is 19.3 Å². The number of sulfonamides is 1. The Bertz CT molecular complexity index is 685. The van der Waals surface area contributed by atoms with Crippen molar-refractivity contribution >= 4 is 15.7 Å². The van der Waals surface area contributed by atoms with E-state index in [9.17, 15) is 8.42 Å². The minimum absolute atomic E-state index is 0.135. The third-order valence-electron chi connectivity index (χ3n) is 3.02. The first-order chi connectivity index (χ1) is 9.32. The van der Waals surface area contributed by atoms with Crippen molar-refractivity contribution in [2.75, 3.05) is 12.8 Å². The molecule has 7 heteroatoms. The largest absolute Gasteiger partial charge is 0.399 e. The topological polar surface area (TPSA) is 89.4 Å². The van der Waals surface area contributed by atoms with Gasteiger partial charge in [-0.05, 0) is 31.5 Å². The average Bonchev–Trinajstić information content (AvgIpc) is 2.72. The molecule has 0 aliphatic heterocycles. The fraction of sp³-hybridized carbons (Fsp3) is 0.308. The molecule has 2 N–H and O–H groups in total. The van der Waals surface area contributed by atoms with Crippen LogP contribution in [0, 0.1) is 13.8 Å². The van der Waals surface area contributed by atoms with E-state index in [0.29, 0.717) is 17.1 Å². The van der Waals surface area contributed by atoms with Crippen molar-refractivity contribution in [3.63, 3.8) is 0 Å². The number of nitrogen functional groups attached to an aromatic ring is 1. The van der Waals surface area contributed by atoms with Gasteiger partial charge in [-0.1, -0.05) is 17.3 Å². The van der Waals surface area contributed by atoms with Crippen LogP contribution in [0.4, 0.5) is 5.69 Å². The van der Waals surface area contributed by atoms with E-state index in [1.54, 1.807) is 38.1 Å². The van der Waals surface area contributed by atoms with Crippen LogP contribution in [0.1, 0.15) is 17.0 Å². The molecule has 0 fully saturated rings. The van der Waals surface area contributed by atoms with Crippen LogP contribution >= 0.6 is 0 Å². The number of aryl methyl sites for hydroxylation is 2. The van der Waals surface area contributed by atoms with E-state index in [0.717, 1.165) is 5.56 Å². The molecule has 1 heterocycles. The molecule has 0 atom stereocenters. The van der Waals surface area contributed by atoms with Gasteiger partial charge in [-0.25, -0.2) is 8.42 Å². The van der Waals surface area contributed by atoms with Gasteiger partial charge in [0.15, 0.2) is 5.76 Å². The molecule has 2 aromatic rings. The molecule has 1 aromatic heterocycles. The average molecular weight is 295 g/mol. The maximum absolute atomic E-state index is 12.5. The summed E-state index contributed by atoms with van der Waals surface area (Å²) in [5.41, 5.74) is 7.48. The van der Waals surface area contributed by atoms with Gasteiger partial charge in [-0.3, -0.25) is 0 Å². The second-order valence-corrected chi connectivity index (χ2v) is 6.64. The van der Waals surface area contributed by atoms with Crippen LogP contribution in [-0.4, -0.2) is 24.9 Å². The lowest BCUT2D eigenvalue weighted by atomic mass is 10.2. The van der Waals surface area contributed by atoms with Crippen LogP contribution in [-0.2, 0) is 16.6 Å². The quantitative estimate of drug-likeness (QED) is 0.867. The molecule has 20 heavy (non-hydrogen) atoms. The van der Waals surface area contributed by atoms with E-state index >= 15 is 0 Å². The maximum Gasteiger partial charge on any atom is 0.248 e. The molecule has 0 bridgehead atoms. The molecule has 108 valence electrons. The molecular weight excluding hydrogens is 278 g/mol. The van der Waals surface area contributed by atoms with Gasteiger partial charge in [0.05, 0.1) is 0 Å². The standard InChI is InChI=1S/C13H17N3O3S/c1-9-13(10(2)19-15-9)20(17,18)16(3)8-11-4-6-12(14)7-5-11/h4-7H,8,14H2,1-3H3. The Balaban J connectivity index is 2.28. The van der Waals surface area contributed by atoms with Gasteiger partial charge < -0.3 is 10.3 Å². The Hall–Kier alpha value is -1.86. The lowest BCUT2D eigenvalue weighted by molar-refractivity contribution is 0.389. The highest BCUT2D eigenvalue weighted by molar-refractivity contribution is 7.89. The van der Waals surface area contributed by atoms with E-state index < -0.39 is 10.0 Å². The Morgan fingerprint density at radius 1 is 1.25 bits per heavy atom. The molecule has 0 radical (unpaired) electrons. The Kier molecular flexibility index (Phi) is 3.82. The van der Waals surface area contributed by atoms with Crippen molar-refractivity contribution in [1.82, 2.24) is 9.46 Å². The molecule has 0 amide bonds. The number of hydrogen-bond donors (Lipinski definition) is 1. The highest BCUT2D eigenvalue weighted by atomic mass is 32.2. The van der Waals surface area contributed by atoms with Crippen LogP contribution in [0.2, 0.25) is 0 Å². The van der Waals surface area contributed by atoms with Crippen molar-refractivity contribution in [3.05, 3.63) is 41.3 Å². The summed E-state index contributed by atoms with van der Waals surface area (Å²) in [5, 5.41) is 3.69. The second-order valence-electron chi connectivity index (χ2n) is 4.66. The molecule has 0 aliphatic carbocycles. The van der Waals surface area contributed by atoms with Crippen LogP contribution < -0.4 is 5.73 Å². The molecule has 0 unspecified atom stereocenters. The van der Waals surface area contributed by atoms with Crippen molar-refractivity contribution in [2.24, 2.45) is 0 Å². The molecule has 0 saturated carbocycles. The lowest BCUT2D eigenvalue weighted by Crippen LogP contribution is -2.27. The zero-order chi connectivity index (χ0) is 14.9. The first-order valence-electron chi connectivity index (χ1n) is 6.06. The Morgan fingerprint density at radius 3 is 2.35 bits per heavy atom. The monoisotopic (exact) mass is 295 g/mol. The predicted octanol–water partition coefficient (Wildman–Crippen LogP) is 1.69. The molecule has 0 saturated heterocycles. The fourth-order valence-electron chi connectivity index (χ4n) is 1.96. The minimum atomic E-state index is -3.62. The Morgan fingerprint density at radius 2 is 1.85 bits per heavy atom. The summed E-state index contributed by atoms with van der Waals surface area (Å²) in [5.74, 6) is 0.298. The van der Waals surface area contributed by atoms with Crippen molar-refractivity contribution in [2.45, 2.75) is 25.3 Å². The SMILES string of the molecule is Cc1noc(C)c1S(=O)(=O)N(C)Cc1ccc(N)cc1. The van der Waals surface area contributed by atoms with Crippen LogP contribution in [0.5, 0.6) is 0 Å². The molecule has 6 nitrogen and oxygen atoms in total. The summed E-state index contributed by atoms with van der Waals surface area (Å²) < 4.78 is 31.2. The fourth-order valence-corrected chi connectivity index (χ4v) is 3.41. The van der Waals surface area contributed by atoms with Crippen LogP contribution in [0.3, 0.4) is 0 Å². The normalized spacial score (nSPS) is 12.0. The summed E-state index contributed by atoms with van der Waals surface area (Å²) >= 11 is 0. The van der Waals surface area contributed by atoms with Gasteiger partial charge in [-0.15, -0.1) is 0 Å². The maximum atomic E-state index is 12.5. The van der Waals surface area contributed by atoms with Crippen molar-refractivity contribution in [1.29, 1.82) is 0 Å². The highest BCUT2D eigenvalue weighted by Gasteiger charge is 2.28. The van der Waals surface area contributed by atoms with E-state index in [-0.39, 0.29) is 11.4 Å². The third kappa shape index (κ3) is 2.68. The van der Waals surface area contributed by atoms with Gasteiger partial charge in [0.2, 0.25) is 10.0 Å². The summed E-state index contributed by atoms with van der Waals surface area (Å²) in [6.07, 6.45) is 0. The molecule has 0 aliphatic rings. The molecular formula is C13H17N3O3S. The molecule has 2 rings (SSSR count). The summed E-state index contributed by atoms with van der Waals surface area (Å²) in [6.45, 7) is 3.46. The summed E-state index contributed by atoms with van der Waals surface area (Å²) in [4.78, 5) is 0.135. The number of aromatic nitrogens is 1. The number of rotatable bonds is 4. The number of hydrogen-bond acceptors (Lipinski definition) is 5. The third-order valence-corrected chi connectivity index (χ3v) is 5.07. The zero-order valence-electron chi connectivity index (χ0n) is 11.6. The number of anilines is 1. The number of nitrogens with two attached hydrogens (primary N) is 1. The molecule has 1 aromatic carbocycles. The van der Waals surface area contributed by atoms with E-state index in [1.807, 2.05) is 0 Å². The lowest BCUT2D eigenvalue weighted by Gasteiger charge is -2.17. The highest BCUT2D eigenvalue weighted by Crippen LogP contribution is 2.23. The van der Waals surface area contributed by atoms with Crippen molar-refractivity contribution < 1.29 is 12.9 Å². The van der Waals surface area contributed by atoms with Crippen LogP contribution in [0.15, 0.2) is 33.7 Å².